The van der Waals surface area contributed by atoms with Crippen LogP contribution in [0.5, 0.6) is 5.75 Å². The van der Waals surface area contributed by atoms with E-state index in [1.54, 1.807) is 7.11 Å². The van der Waals surface area contributed by atoms with Gasteiger partial charge in [-0.25, -0.2) is 0 Å². The molecule has 2 aliphatic rings. The molecule has 1 N–H and O–H groups in total. The van der Waals surface area contributed by atoms with Gasteiger partial charge < -0.3 is 10.1 Å². The highest BCUT2D eigenvalue weighted by Gasteiger charge is 2.41. The Labute approximate surface area is 164 Å². The fraction of sp³-hybridized carbons (Fsp3) is 0.381. The van der Waals surface area contributed by atoms with Gasteiger partial charge in [-0.2, -0.15) is 11.8 Å². The molecule has 0 unspecified atom stereocenters. The van der Waals surface area contributed by atoms with Gasteiger partial charge in [0, 0.05) is 22.2 Å². The molecule has 0 atom stereocenters. The Kier molecular flexibility index (Phi) is 5.14. The molecule has 0 amide bonds. The second kappa shape index (κ2) is 7.53. The summed E-state index contributed by atoms with van der Waals surface area (Å²) in [5.41, 5.74) is 3.76. The van der Waals surface area contributed by atoms with Crippen molar-refractivity contribution in [2.45, 2.75) is 25.8 Å². The number of nitrogens with zero attached hydrogens (tertiary/aromatic N) is 1. The van der Waals surface area contributed by atoms with Crippen molar-refractivity contribution in [3.05, 3.63) is 58.6 Å². The van der Waals surface area contributed by atoms with E-state index >= 15 is 0 Å². The minimum Gasteiger partial charge on any atom is -0.497 e. The Hall–Kier alpha value is -1.65. The lowest BCUT2D eigenvalue weighted by Gasteiger charge is -2.42. The molecule has 0 saturated carbocycles. The van der Waals surface area contributed by atoms with Crippen molar-refractivity contribution < 1.29 is 4.74 Å². The molecule has 1 spiro atoms. The number of thioether (sulfide) groups is 1. The number of hydrogen-bond acceptors (Lipinski definition) is 3. The minimum absolute atomic E-state index is 0.130. The van der Waals surface area contributed by atoms with E-state index in [9.17, 15) is 0 Å². The van der Waals surface area contributed by atoms with E-state index in [1.165, 1.54) is 29.9 Å². The molecule has 0 aromatic heterocycles. The van der Waals surface area contributed by atoms with E-state index in [-0.39, 0.29) is 5.41 Å². The maximum absolute atomic E-state index is 6.13. The Bertz CT molecular complexity index is 831. The highest BCUT2D eigenvalue weighted by molar-refractivity contribution is 7.99. The maximum Gasteiger partial charge on any atom is 0.120 e. The quantitative estimate of drug-likeness (QED) is 0.763. The van der Waals surface area contributed by atoms with Crippen LogP contribution in [0.2, 0.25) is 5.02 Å². The summed E-state index contributed by atoms with van der Waals surface area (Å²) < 4.78 is 5.40. The molecule has 1 fully saturated rings. The molecular weight excluding hydrogens is 364 g/mol. The number of amidine groups is 1. The van der Waals surface area contributed by atoms with Gasteiger partial charge in [0.2, 0.25) is 0 Å². The standard InChI is InChI=1S/C21H23ClN2OS/c1-25-18-6-5-16-13-21(7-9-26-10-8-21)20(24-19(16)12-18)23-14-15-3-2-4-17(22)11-15/h2-6,11-12H,7-10,13-14H2,1H3,(H,23,24). The van der Waals surface area contributed by atoms with Crippen molar-refractivity contribution in [2.75, 3.05) is 23.9 Å². The van der Waals surface area contributed by atoms with Gasteiger partial charge in [-0.3, -0.25) is 4.99 Å². The third kappa shape index (κ3) is 3.58. The maximum atomic E-state index is 6.13. The van der Waals surface area contributed by atoms with Crippen molar-refractivity contribution in [1.29, 1.82) is 0 Å². The van der Waals surface area contributed by atoms with E-state index in [2.05, 4.69) is 29.6 Å². The SMILES string of the molecule is COc1ccc2c(c1)NC(=NCc1cccc(Cl)c1)C1(CCSCC1)C2. The summed E-state index contributed by atoms with van der Waals surface area (Å²) in [4.78, 5) is 5.02. The van der Waals surface area contributed by atoms with Crippen LogP contribution in [0.4, 0.5) is 5.69 Å². The van der Waals surface area contributed by atoms with E-state index in [0.29, 0.717) is 6.54 Å². The van der Waals surface area contributed by atoms with Crippen molar-refractivity contribution >= 4 is 34.9 Å². The molecule has 26 heavy (non-hydrogen) atoms. The number of ether oxygens (including phenoxy) is 1. The smallest absolute Gasteiger partial charge is 0.120 e. The van der Waals surface area contributed by atoms with Crippen molar-refractivity contribution in [1.82, 2.24) is 0 Å². The number of rotatable bonds is 3. The van der Waals surface area contributed by atoms with Crippen LogP contribution in [0.3, 0.4) is 0 Å². The van der Waals surface area contributed by atoms with Crippen LogP contribution in [0.15, 0.2) is 47.5 Å². The average Bonchev–Trinajstić information content (AvgIpc) is 2.67. The molecule has 1 saturated heterocycles. The number of benzene rings is 2. The zero-order valence-electron chi connectivity index (χ0n) is 14.9. The van der Waals surface area contributed by atoms with Crippen molar-refractivity contribution in [3.63, 3.8) is 0 Å². The molecule has 136 valence electrons. The van der Waals surface area contributed by atoms with Crippen LogP contribution >= 0.6 is 23.4 Å². The van der Waals surface area contributed by atoms with Crippen LogP contribution in [0, 0.1) is 5.41 Å². The summed E-state index contributed by atoms with van der Waals surface area (Å²) in [6.07, 6.45) is 3.39. The number of aliphatic imine (C=N–C) groups is 1. The van der Waals surface area contributed by atoms with Crippen LogP contribution < -0.4 is 10.1 Å². The zero-order valence-corrected chi connectivity index (χ0v) is 16.5. The highest BCUT2D eigenvalue weighted by Crippen LogP contribution is 2.44. The predicted molar refractivity (Wildman–Crippen MR) is 112 cm³/mol. The number of fused-ring (bicyclic) bond motifs is 1. The first-order valence-electron chi connectivity index (χ1n) is 9.00. The Morgan fingerprint density at radius 3 is 2.81 bits per heavy atom. The van der Waals surface area contributed by atoms with E-state index in [4.69, 9.17) is 21.3 Å². The summed E-state index contributed by atoms with van der Waals surface area (Å²) in [7, 11) is 1.71. The van der Waals surface area contributed by atoms with Crippen LogP contribution in [0.1, 0.15) is 24.0 Å². The first-order valence-corrected chi connectivity index (χ1v) is 10.5. The van der Waals surface area contributed by atoms with Gasteiger partial charge in [-0.1, -0.05) is 29.8 Å². The third-order valence-corrected chi connectivity index (χ3v) is 6.58. The Balaban J connectivity index is 1.67. The van der Waals surface area contributed by atoms with Crippen molar-refractivity contribution in [2.24, 2.45) is 10.4 Å². The molecule has 2 aromatic rings. The lowest BCUT2D eigenvalue weighted by molar-refractivity contribution is 0.376. The number of hydrogen-bond donors (Lipinski definition) is 1. The van der Waals surface area contributed by atoms with E-state index in [0.717, 1.165) is 34.3 Å². The fourth-order valence-electron chi connectivity index (χ4n) is 3.85. The van der Waals surface area contributed by atoms with Gasteiger partial charge in [-0.05, 0) is 60.1 Å². The molecule has 5 heteroatoms. The molecule has 2 aromatic carbocycles. The number of anilines is 1. The molecule has 2 heterocycles. The van der Waals surface area contributed by atoms with Gasteiger partial charge in [0.25, 0.3) is 0 Å². The predicted octanol–water partition coefficient (Wildman–Crippen LogP) is 5.43. The van der Waals surface area contributed by atoms with Gasteiger partial charge in [0.1, 0.15) is 11.6 Å². The van der Waals surface area contributed by atoms with Gasteiger partial charge in [0.15, 0.2) is 0 Å². The zero-order chi connectivity index (χ0) is 18.0. The molecule has 0 bridgehead atoms. The van der Waals surface area contributed by atoms with Crippen LogP contribution in [0.25, 0.3) is 0 Å². The minimum atomic E-state index is 0.130. The Morgan fingerprint density at radius 1 is 1.19 bits per heavy atom. The normalized spacial score (nSPS) is 19.8. The van der Waals surface area contributed by atoms with Gasteiger partial charge in [-0.15, -0.1) is 0 Å². The first kappa shape index (κ1) is 17.7. The van der Waals surface area contributed by atoms with Crippen LogP contribution in [-0.2, 0) is 13.0 Å². The van der Waals surface area contributed by atoms with E-state index < -0.39 is 0 Å². The first-order chi connectivity index (χ1) is 12.7. The topological polar surface area (TPSA) is 33.6 Å². The molecule has 2 aliphatic heterocycles. The summed E-state index contributed by atoms with van der Waals surface area (Å²) >= 11 is 8.18. The fourth-order valence-corrected chi connectivity index (χ4v) is 5.34. The van der Waals surface area contributed by atoms with Gasteiger partial charge >= 0.3 is 0 Å². The molecular formula is C21H23ClN2OS. The highest BCUT2D eigenvalue weighted by atomic mass is 35.5. The summed E-state index contributed by atoms with van der Waals surface area (Å²) in [6, 6.07) is 14.3. The Morgan fingerprint density at radius 2 is 2.04 bits per heavy atom. The second-order valence-corrected chi connectivity index (χ2v) is 8.67. The molecule has 4 rings (SSSR count). The van der Waals surface area contributed by atoms with Crippen molar-refractivity contribution in [3.8, 4) is 5.75 Å². The number of halogens is 1. The number of nitrogens with one attached hydrogen (secondary N) is 1. The molecule has 0 aliphatic carbocycles. The van der Waals surface area contributed by atoms with E-state index in [1.807, 2.05) is 30.0 Å². The lowest BCUT2D eigenvalue weighted by Crippen LogP contribution is -2.44. The summed E-state index contributed by atoms with van der Waals surface area (Å²) in [5, 5.41) is 4.41. The van der Waals surface area contributed by atoms with Gasteiger partial charge in [0.05, 0.1) is 13.7 Å². The molecule has 0 radical (unpaired) electrons. The monoisotopic (exact) mass is 386 g/mol. The summed E-state index contributed by atoms with van der Waals surface area (Å²) in [6.45, 7) is 0.650. The lowest BCUT2D eigenvalue weighted by atomic mass is 9.73. The van der Waals surface area contributed by atoms with Crippen LogP contribution in [-0.4, -0.2) is 24.5 Å². The number of methoxy groups -OCH3 is 1. The third-order valence-electron chi connectivity index (χ3n) is 5.36. The largest absolute Gasteiger partial charge is 0.497 e. The molecule has 3 nitrogen and oxygen atoms in total. The second-order valence-electron chi connectivity index (χ2n) is 7.01. The average molecular weight is 387 g/mol. The summed E-state index contributed by atoms with van der Waals surface area (Å²) in [5.74, 6) is 4.39.